The first-order chi connectivity index (χ1) is 19.6. The van der Waals surface area contributed by atoms with Crippen LogP contribution >= 0.6 is 0 Å². The number of rotatable bonds is 9. The van der Waals surface area contributed by atoms with Crippen molar-refractivity contribution in [2.45, 2.75) is 58.8 Å². The van der Waals surface area contributed by atoms with Gasteiger partial charge in [0.2, 0.25) is 0 Å². The number of nitrogens with one attached hydrogen (secondary N) is 1. The molecule has 1 unspecified atom stereocenters. The highest BCUT2D eigenvalue weighted by Crippen LogP contribution is 2.34. The van der Waals surface area contributed by atoms with Gasteiger partial charge < -0.3 is 29.4 Å². The molecule has 0 saturated carbocycles. The highest BCUT2D eigenvalue weighted by Gasteiger charge is 2.34. The van der Waals surface area contributed by atoms with E-state index in [1.165, 1.54) is 19.4 Å². The van der Waals surface area contributed by atoms with E-state index >= 15 is 0 Å². The highest BCUT2D eigenvalue weighted by atomic mass is 19.1. The molecule has 42 heavy (non-hydrogen) atoms. The Labute approximate surface area is 243 Å². The quantitative estimate of drug-likeness (QED) is 0.286. The van der Waals surface area contributed by atoms with Crippen LogP contribution in [0.25, 0.3) is 10.8 Å². The van der Waals surface area contributed by atoms with Gasteiger partial charge in [0.15, 0.2) is 23.4 Å². The first-order valence-electron chi connectivity index (χ1n) is 13.1. The Hall–Kier alpha value is -4.61. The molecule has 3 aromatic rings. The lowest BCUT2D eigenvalue weighted by molar-refractivity contribution is -0.138. The van der Waals surface area contributed by atoms with Gasteiger partial charge >= 0.3 is 18.2 Å². The molecule has 0 aliphatic carbocycles. The van der Waals surface area contributed by atoms with E-state index in [4.69, 9.17) is 18.9 Å². The SMILES string of the molecule is COc1ccc(C(Nc2ccc3c(N(C(=O)OC(C)(C)C)C(=O)OC(C)(C)C)nccc3c2)C(=O)O)cc1OCCF. The predicted octanol–water partition coefficient (Wildman–Crippen LogP) is 6.51. The number of anilines is 2. The van der Waals surface area contributed by atoms with Crippen LogP contribution in [0.1, 0.15) is 53.1 Å². The number of carbonyl (C=O) groups excluding carboxylic acids is 2. The number of benzene rings is 2. The lowest BCUT2D eigenvalue weighted by atomic mass is 10.0. The number of carbonyl (C=O) groups is 3. The molecule has 3 rings (SSSR count). The van der Waals surface area contributed by atoms with Gasteiger partial charge in [0.05, 0.1) is 7.11 Å². The molecule has 0 fully saturated rings. The van der Waals surface area contributed by atoms with Crippen molar-refractivity contribution < 1.29 is 42.8 Å². The molecule has 1 aromatic heterocycles. The molecule has 1 heterocycles. The number of alkyl halides is 1. The number of carboxylic acid groups (broad SMARTS) is 1. The monoisotopic (exact) mass is 585 g/mol. The molecule has 2 amide bonds. The van der Waals surface area contributed by atoms with Crippen molar-refractivity contribution in [2.75, 3.05) is 30.6 Å². The van der Waals surface area contributed by atoms with Crippen molar-refractivity contribution >= 4 is 40.4 Å². The fourth-order valence-electron chi connectivity index (χ4n) is 3.88. The lowest BCUT2D eigenvalue weighted by Crippen LogP contribution is -2.44. The van der Waals surface area contributed by atoms with E-state index in [-0.39, 0.29) is 18.2 Å². The molecule has 0 radical (unpaired) electrons. The second-order valence-corrected chi connectivity index (χ2v) is 11.2. The van der Waals surface area contributed by atoms with E-state index in [0.717, 1.165) is 4.90 Å². The van der Waals surface area contributed by atoms with Gasteiger partial charge in [-0.25, -0.2) is 23.8 Å². The molecule has 2 N–H and O–H groups in total. The molecular weight excluding hydrogens is 549 g/mol. The number of carboxylic acids is 1. The Balaban J connectivity index is 2.02. The lowest BCUT2D eigenvalue weighted by Gasteiger charge is -2.28. The van der Waals surface area contributed by atoms with Crippen LogP contribution < -0.4 is 19.7 Å². The number of amides is 2. The van der Waals surface area contributed by atoms with Crippen molar-refractivity contribution in [1.82, 2.24) is 4.98 Å². The zero-order valence-electron chi connectivity index (χ0n) is 24.7. The van der Waals surface area contributed by atoms with E-state index in [1.807, 2.05) is 0 Å². The van der Waals surface area contributed by atoms with Gasteiger partial charge in [0, 0.05) is 17.3 Å². The maximum atomic E-state index is 13.2. The Kier molecular flexibility index (Phi) is 9.82. The van der Waals surface area contributed by atoms with Crippen LogP contribution in [-0.4, -0.2) is 59.8 Å². The summed E-state index contributed by atoms with van der Waals surface area (Å²) in [6, 6.07) is 9.88. The van der Waals surface area contributed by atoms with Gasteiger partial charge in [-0.05, 0) is 88.9 Å². The van der Waals surface area contributed by atoms with Crippen molar-refractivity contribution in [3.05, 3.63) is 54.2 Å². The molecule has 0 aliphatic rings. The minimum atomic E-state index is -1.21. The summed E-state index contributed by atoms with van der Waals surface area (Å²) in [5, 5.41) is 13.9. The van der Waals surface area contributed by atoms with Crippen LogP contribution in [0.4, 0.5) is 25.5 Å². The third-order valence-electron chi connectivity index (χ3n) is 5.52. The number of ether oxygens (including phenoxy) is 4. The number of nitrogens with zero attached hydrogens (tertiary/aromatic N) is 2. The van der Waals surface area contributed by atoms with Gasteiger partial charge in [-0.1, -0.05) is 6.07 Å². The maximum absolute atomic E-state index is 13.2. The first kappa shape index (κ1) is 31.9. The molecule has 11 nitrogen and oxygen atoms in total. The Morgan fingerprint density at radius 2 is 1.60 bits per heavy atom. The van der Waals surface area contributed by atoms with E-state index < -0.39 is 42.1 Å². The van der Waals surface area contributed by atoms with E-state index in [9.17, 15) is 23.9 Å². The van der Waals surface area contributed by atoms with E-state index in [0.29, 0.717) is 27.8 Å². The Morgan fingerprint density at radius 1 is 0.952 bits per heavy atom. The average molecular weight is 586 g/mol. The van der Waals surface area contributed by atoms with Crippen LogP contribution in [0.5, 0.6) is 11.5 Å². The van der Waals surface area contributed by atoms with Gasteiger partial charge in [-0.15, -0.1) is 0 Å². The molecule has 226 valence electrons. The summed E-state index contributed by atoms with van der Waals surface area (Å²) in [7, 11) is 1.43. The summed E-state index contributed by atoms with van der Waals surface area (Å²) in [5.74, 6) is -0.642. The number of aliphatic carboxylic acids is 1. The fourth-order valence-corrected chi connectivity index (χ4v) is 3.88. The second kappa shape index (κ2) is 12.9. The number of pyridine rings is 1. The number of hydrogen-bond acceptors (Lipinski definition) is 9. The van der Waals surface area contributed by atoms with Gasteiger partial charge in [0.25, 0.3) is 0 Å². The van der Waals surface area contributed by atoms with Gasteiger partial charge in [-0.2, -0.15) is 4.90 Å². The topological polar surface area (TPSA) is 137 Å². The van der Waals surface area contributed by atoms with Crippen molar-refractivity contribution in [3.63, 3.8) is 0 Å². The smallest absolute Gasteiger partial charge is 0.425 e. The first-order valence-corrected chi connectivity index (χ1v) is 13.1. The standard InChI is InChI=1S/C30H36FN3O8/c1-29(2,3)41-27(37)34(28(38)42-30(4,5)6)25-21-10-9-20(16-18(21)12-14-32-25)33-24(26(35)36)19-8-11-22(39-7)23(17-19)40-15-13-31/h8-12,14,16-17,24,33H,13,15H2,1-7H3,(H,35,36). The van der Waals surface area contributed by atoms with E-state index in [2.05, 4.69) is 10.3 Å². The number of aromatic nitrogens is 1. The van der Waals surface area contributed by atoms with Crippen LogP contribution in [0, 0.1) is 0 Å². The average Bonchev–Trinajstić information content (AvgIpc) is 2.88. The molecule has 0 bridgehead atoms. The normalized spacial score (nSPS) is 12.3. The van der Waals surface area contributed by atoms with Crippen molar-refractivity contribution in [1.29, 1.82) is 0 Å². The summed E-state index contributed by atoms with van der Waals surface area (Å²) in [4.78, 5) is 43.6. The number of imide groups is 1. The van der Waals surface area contributed by atoms with Crippen LogP contribution in [0.15, 0.2) is 48.7 Å². The summed E-state index contributed by atoms with van der Waals surface area (Å²) in [6.07, 6.45) is -0.513. The molecular formula is C30H36FN3O8. The third kappa shape index (κ3) is 8.21. The highest BCUT2D eigenvalue weighted by molar-refractivity contribution is 6.14. The zero-order chi connectivity index (χ0) is 31.2. The predicted molar refractivity (Wildman–Crippen MR) is 155 cm³/mol. The summed E-state index contributed by atoms with van der Waals surface area (Å²) >= 11 is 0. The number of halogens is 1. The minimum absolute atomic E-state index is 0.0119. The third-order valence-corrected chi connectivity index (χ3v) is 5.52. The fraction of sp³-hybridized carbons (Fsp3) is 0.400. The summed E-state index contributed by atoms with van der Waals surface area (Å²) < 4.78 is 34.2. The molecule has 0 aliphatic heterocycles. The van der Waals surface area contributed by atoms with Crippen molar-refractivity contribution in [3.8, 4) is 11.5 Å². The van der Waals surface area contributed by atoms with E-state index in [1.54, 1.807) is 77.9 Å². The molecule has 0 saturated heterocycles. The molecule has 12 heteroatoms. The zero-order valence-corrected chi connectivity index (χ0v) is 24.7. The van der Waals surface area contributed by atoms with Gasteiger partial charge in [0.1, 0.15) is 24.5 Å². The molecule has 2 aromatic carbocycles. The molecule has 1 atom stereocenters. The Bertz CT molecular complexity index is 1420. The summed E-state index contributed by atoms with van der Waals surface area (Å²) in [5.41, 5.74) is -1.03. The van der Waals surface area contributed by atoms with Crippen molar-refractivity contribution in [2.24, 2.45) is 0 Å². The Morgan fingerprint density at radius 3 is 2.14 bits per heavy atom. The number of methoxy groups -OCH3 is 1. The number of hydrogen-bond donors (Lipinski definition) is 2. The maximum Gasteiger partial charge on any atom is 0.425 e. The van der Waals surface area contributed by atoms with Crippen LogP contribution in [0.2, 0.25) is 0 Å². The summed E-state index contributed by atoms with van der Waals surface area (Å²) in [6.45, 7) is 9.09. The van der Waals surface area contributed by atoms with Crippen LogP contribution in [-0.2, 0) is 14.3 Å². The molecule has 0 spiro atoms. The van der Waals surface area contributed by atoms with Gasteiger partial charge in [-0.3, -0.25) is 0 Å². The largest absolute Gasteiger partial charge is 0.493 e. The minimum Gasteiger partial charge on any atom is -0.493 e. The second-order valence-electron chi connectivity index (χ2n) is 11.2. The van der Waals surface area contributed by atoms with Crippen LogP contribution in [0.3, 0.4) is 0 Å². The number of fused-ring (bicyclic) bond motifs is 1.